The Balaban J connectivity index is 1.95. The molecule has 0 bridgehead atoms. The number of carbonyl (C=O) groups excluding carboxylic acids is 1. The van der Waals surface area contributed by atoms with Gasteiger partial charge in [-0.3, -0.25) is 4.79 Å². The Bertz CT molecular complexity index is 910. The van der Waals surface area contributed by atoms with E-state index < -0.39 is 0 Å². The molecule has 4 nitrogen and oxygen atoms in total. The Morgan fingerprint density at radius 3 is 2.46 bits per heavy atom. The predicted molar refractivity (Wildman–Crippen MR) is 96.0 cm³/mol. The molecule has 0 aliphatic heterocycles. The number of anilines is 1. The van der Waals surface area contributed by atoms with Crippen LogP contribution in [0.3, 0.4) is 0 Å². The highest BCUT2D eigenvalue weighted by Crippen LogP contribution is 2.23. The van der Waals surface area contributed by atoms with Gasteiger partial charge in [-0.2, -0.15) is 0 Å². The summed E-state index contributed by atoms with van der Waals surface area (Å²) in [4.78, 5) is 12.6. The van der Waals surface area contributed by atoms with Crippen molar-refractivity contribution in [1.82, 2.24) is 4.57 Å². The molecule has 1 amide bonds. The Morgan fingerprint density at radius 2 is 1.75 bits per heavy atom. The third kappa shape index (κ3) is 3.04. The number of carbonyl (C=O) groups is 1. The molecular weight excluding hydrogens is 300 g/mol. The SMILES string of the molecule is Cc1cccc(-n2c(C)cc(C(=O)Nc3cccc(O)c3)c2C)c1. The van der Waals surface area contributed by atoms with Gasteiger partial charge in [-0.25, -0.2) is 0 Å². The van der Waals surface area contributed by atoms with Gasteiger partial charge in [0.2, 0.25) is 0 Å². The molecule has 3 rings (SSSR count). The monoisotopic (exact) mass is 320 g/mol. The first kappa shape index (κ1) is 15.9. The zero-order valence-corrected chi connectivity index (χ0v) is 14.0. The molecule has 1 aromatic heterocycles. The molecule has 122 valence electrons. The minimum Gasteiger partial charge on any atom is -0.508 e. The number of aromatic hydroxyl groups is 1. The summed E-state index contributed by atoms with van der Waals surface area (Å²) in [6.07, 6.45) is 0. The number of benzene rings is 2. The van der Waals surface area contributed by atoms with Gasteiger partial charge in [0.1, 0.15) is 5.75 Å². The number of hydrogen-bond acceptors (Lipinski definition) is 2. The van der Waals surface area contributed by atoms with Crippen LogP contribution < -0.4 is 5.32 Å². The molecule has 0 spiro atoms. The Kier molecular flexibility index (Phi) is 4.13. The highest BCUT2D eigenvalue weighted by molar-refractivity contribution is 6.05. The van der Waals surface area contributed by atoms with Crippen molar-refractivity contribution in [3.63, 3.8) is 0 Å². The first-order valence-corrected chi connectivity index (χ1v) is 7.82. The second kappa shape index (κ2) is 6.24. The molecule has 4 heteroatoms. The average molecular weight is 320 g/mol. The molecule has 0 aliphatic carbocycles. The van der Waals surface area contributed by atoms with Crippen LogP contribution in [0.25, 0.3) is 5.69 Å². The minimum atomic E-state index is -0.187. The summed E-state index contributed by atoms with van der Waals surface area (Å²) in [6, 6.07) is 16.6. The van der Waals surface area contributed by atoms with E-state index in [0.29, 0.717) is 11.3 Å². The highest BCUT2D eigenvalue weighted by atomic mass is 16.3. The molecule has 1 heterocycles. The van der Waals surface area contributed by atoms with Gasteiger partial charge in [0.25, 0.3) is 5.91 Å². The maximum absolute atomic E-state index is 12.6. The molecule has 2 N–H and O–H groups in total. The molecule has 0 fully saturated rings. The Labute approximate surface area is 141 Å². The summed E-state index contributed by atoms with van der Waals surface area (Å²) in [7, 11) is 0. The van der Waals surface area contributed by atoms with Crippen LogP contribution in [0.1, 0.15) is 27.3 Å². The topological polar surface area (TPSA) is 54.3 Å². The second-order valence-electron chi connectivity index (χ2n) is 5.96. The smallest absolute Gasteiger partial charge is 0.257 e. The normalized spacial score (nSPS) is 10.6. The van der Waals surface area contributed by atoms with Crippen molar-refractivity contribution in [1.29, 1.82) is 0 Å². The number of hydrogen-bond donors (Lipinski definition) is 2. The van der Waals surface area contributed by atoms with E-state index in [-0.39, 0.29) is 11.7 Å². The standard InChI is InChI=1S/C20H20N2O2/c1-13-6-4-8-17(10-13)22-14(2)11-19(15(22)3)20(24)21-16-7-5-9-18(23)12-16/h4-12,23H,1-3H3,(H,21,24). The van der Waals surface area contributed by atoms with Gasteiger partial charge in [-0.15, -0.1) is 0 Å². The summed E-state index contributed by atoms with van der Waals surface area (Å²) in [5.41, 5.74) is 5.29. The fraction of sp³-hybridized carbons (Fsp3) is 0.150. The molecule has 0 saturated heterocycles. The number of nitrogens with zero attached hydrogens (tertiary/aromatic N) is 1. The summed E-state index contributed by atoms with van der Waals surface area (Å²) in [6.45, 7) is 5.97. The van der Waals surface area contributed by atoms with Crippen LogP contribution in [0, 0.1) is 20.8 Å². The van der Waals surface area contributed by atoms with Crippen LogP contribution in [-0.4, -0.2) is 15.6 Å². The average Bonchev–Trinajstić information content (AvgIpc) is 2.82. The largest absolute Gasteiger partial charge is 0.508 e. The molecule has 0 radical (unpaired) electrons. The lowest BCUT2D eigenvalue weighted by molar-refractivity contribution is 0.102. The molecule has 24 heavy (non-hydrogen) atoms. The van der Waals surface area contributed by atoms with Gasteiger partial charge in [0, 0.05) is 28.8 Å². The molecule has 3 aromatic rings. The van der Waals surface area contributed by atoms with Crippen LogP contribution >= 0.6 is 0 Å². The van der Waals surface area contributed by atoms with Crippen molar-refractivity contribution >= 4 is 11.6 Å². The third-order valence-electron chi connectivity index (χ3n) is 4.04. The van der Waals surface area contributed by atoms with E-state index in [2.05, 4.69) is 16.0 Å². The first-order valence-electron chi connectivity index (χ1n) is 7.82. The Morgan fingerprint density at radius 1 is 1.00 bits per heavy atom. The fourth-order valence-electron chi connectivity index (χ4n) is 2.94. The summed E-state index contributed by atoms with van der Waals surface area (Å²) < 4.78 is 2.07. The van der Waals surface area contributed by atoms with E-state index in [1.807, 2.05) is 45.0 Å². The lowest BCUT2D eigenvalue weighted by Crippen LogP contribution is -2.13. The number of rotatable bonds is 3. The fourth-order valence-corrected chi connectivity index (χ4v) is 2.94. The van der Waals surface area contributed by atoms with Gasteiger partial charge in [0.05, 0.1) is 5.56 Å². The van der Waals surface area contributed by atoms with E-state index >= 15 is 0 Å². The first-order chi connectivity index (χ1) is 11.5. The van der Waals surface area contributed by atoms with E-state index in [1.54, 1.807) is 18.2 Å². The molecule has 0 aliphatic rings. The number of phenolic OH excluding ortho intramolecular Hbond substituents is 1. The van der Waals surface area contributed by atoms with Gasteiger partial charge >= 0.3 is 0 Å². The summed E-state index contributed by atoms with van der Waals surface area (Å²) in [5, 5.41) is 12.3. The Hall–Kier alpha value is -3.01. The van der Waals surface area contributed by atoms with E-state index in [0.717, 1.165) is 17.1 Å². The number of aryl methyl sites for hydroxylation is 2. The van der Waals surface area contributed by atoms with Crippen molar-refractivity contribution < 1.29 is 9.90 Å². The highest BCUT2D eigenvalue weighted by Gasteiger charge is 2.17. The van der Waals surface area contributed by atoms with Crippen LogP contribution in [-0.2, 0) is 0 Å². The predicted octanol–water partition coefficient (Wildman–Crippen LogP) is 4.36. The van der Waals surface area contributed by atoms with Gasteiger partial charge in [-0.05, 0) is 56.7 Å². The second-order valence-corrected chi connectivity index (χ2v) is 5.96. The zero-order chi connectivity index (χ0) is 17.3. The van der Waals surface area contributed by atoms with Gasteiger partial charge < -0.3 is 15.0 Å². The van der Waals surface area contributed by atoms with Crippen molar-refractivity contribution in [2.45, 2.75) is 20.8 Å². The van der Waals surface area contributed by atoms with Crippen LogP contribution in [0.2, 0.25) is 0 Å². The molecular formula is C20H20N2O2. The summed E-state index contributed by atoms with van der Waals surface area (Å²) >= 11 is 0. The van der Waals surface area contributed by atoms with E-state index in [9.17, 15) is 9.90 Å². The third-order valence-corrected chi connectivity index (χ3v) is 4.04. The number of phenols is 1. The summed E-state index contributed by atoms with van der Waals surface area (Å²) in [5.74, 6) is -0.0642. The molecule has 0 unspecified atom stereocenters. The van der Waals surface area contributed by atoms with Gasteiger partial charge in [0.15, 0.2) is 0 Å². The number of aromatic nitrogens is 1. The van der Waals surface area contributed by atoms with Gasteiger partial charge in [-0.1, -0.05) is 18.2 Å². The van der Waals surface area contributed by atoms with E-state index in [4.69, 9.17) is 0 Å². The maximum atomic E-state index is 12.6. The van der Waals surface area contributed by atoms with Crippen molar-refractivity contribution in [2.24, 2.45) is 0 Å². The van der Waals surface area contributed by atoms with Crippen molar-refractivity contribution in [3.8, 4) is 11.4 Å². The van der Waals surface area contributed by atoms with Crippen LogP contribution in [0.5, 0.6) is 5.75 Å². The zero-order valence-electron chi connectivity index (χ0n) is 14.0. The minimum absolute atomic E-state index is 0.123. The number of amides is 1. The molecule has 0 atom stereocenters. The van der Waals surface area contributed by atoms with Crippen LogP contribution in [0.15, 0.2) is 54.6 Å². The lowest BCUT2D eigenvalue weighted by atomic mass is 10.2. The van der Waals surface area contributed by atoms with Crippen LogP contribution in [0.4, 0.5) is 5.69 Å². The van der Waals surface area contributed by atoms with E-state index in [1.165, 1.54) is 11.6 Å². The molecule has 2 aromatic carbocycles. The van der Waals surface area contributed by atoms with Crippen molar-refractivity contribution in [3.05, 3.63) is 77.1 Å². The maximum Gasteiger partial charge on any atom is 0.257 e. The quantitative estimate of drug-likeness (QED) is 0.753. The number of nitrogens with one attached hydrogen (secondary N) is 1. The molecule has 0 saturated carbocycles. The lowest BCUT2D eigenvalue weighted by Gasteiger charge is -2.11. The van der Waals surface area contributed by atoms with Crippen molar-refractivity contribution in [2.75, 3.05) is 5.32 Å².